The Bertz CT molecular complexity index is 1090. The van der Waals surface area contributed by atoms with E-state index in [2.05, 4.69) is 10.3 Å². The predicted octanol–water partition coefficient (Wildman–Crippen LogP) is 4.05. The van der Waals surface area contributed by atoms with Gasteiger partial charge in [-0.25, -0.2) is 4.98 Å². The fourth-order valence-corrected chi connectivity index (χ4v) is 5.05. The van der Waals surface area contributed by atoms with E-state index in [4.69, 9.17) is 21.1 Å². The predicted molar refractivity (Wildman–Crippen MR) is 128 cm³/mol. The third-order valence-corrected chi connectivity index (χ3v) is 7.10. The van der Waals surface area contributed by atoms with Crippen LogP contribution in [0.2, 0.25) is 5.02 Å². The standard InChI is InChI=1S/C24H26ClN3O4S/c1-18(29)27-21-6-8-23(9-7-21)33(30)15-22-14-31-24(32-22,16-28-13-12-26-17-28)11-10-19-2-4-20(25)5-3-19/h2-9,12-13,17,22H,10-11,14-16H2,1H3,(H,27,29). The Labute approximate surface area is 200 Å². The van der Waals surface area contributed by atoms with Gasteiger partial charge in [0.25, 0.3) is 0 Å². The Balaban J connectivity index is 1.41. The van der Waals surface area contributed by atoms with Crippen molar-refractivity contribution in [1.82, 2.24) is 9.55 Å². The topological polar surface area (TPSA) is 82.5 Å². The zero-order valence-electron chi connectivity index (χ0n) is 18.3. The lowest BCUT2D eigenvalue weighted by molar-refractivity contribution is -0.180. The second-order valence-electron chi connectivity index (χ2n) is 8.04. The molecule has 33 heavy (non-hydrogen) atoms. The number of hydrogen-bond acceptors (Lipinski definition) is 5. The van der Waals surface area contributed by atoms with Gasteiger partial charge in [-0.2, -0.15) is 0 Å². The van der Waals surface area contributed by atoms with E-state index in [-0.39, 0.29) is 12.0 Å². The van der Waals surface area contributed by atoms with Crippen LogP contribution in [0, 0.1) is 0 Å². The molecule has 174 valence electrons. The van der Waals surface area contributed by atoms with Crippen molar-refractivity contribution < 1.29 is 18.5 Å². The molecule has 2 heterocycles. The normalized spacial score (nSPS) is 21.1. The van der Waals surface area contributed by atoms with Crippen molar-refractivity contribution in [3.63, 3.8) is 0 Å². The van der Waals surface area contributed by atoms with Crippen molar-refractivity contribution in [3.05, 3.63) is 77.8 Å². The summed E-state index contributed by atoms with van der Waals surface area (Å²) in [6, 6.07) is 14.8. The molecule has 1 N–H and O–H groups in total. The van der Waals surface area contributed by atoms with Gasteiger partial charge in [0.2, 0.25) is 5.91 Å². The molecular formula is C24H26ClN3O4S. The van der Waals surface area contributed by atoms with Crippen LogP contribution < -0.4 is 5.32 Å². The zero-order chi connectivity index (χ0) is 23.3. The lowest BCUT2D eigenvalue weighted by atomic mass is 10.0. The van der Waals surface area contributed by atoms with Gasteiger partial charge in [0, 0.05) is 41.3 Å². The molecule has 3 atom stereocenters. The van der Waals surface area contributed by atoms with Crippen molar-refractivity contribution in [2.45, 2.75) is 43.1 Å². The van der Waals surface area contributed by atoms with E-state index in [0.717, 1.165) is 12.0 Å². The highest BCUT2D eigenvalue weighted by atomic mass is 35.5. The van der Waals surface area contributed by atoms with Crippen LogP contribution in [0.15, 0.2) is 72.1 Å². The number of aryl methyl sites for hydroxylation is 1. The van der Waals surface area contributed by atoms with E-state index < -0.39 is 16.6 Å². The third kappa shape index (κ3) is 6.51. The molecule has 7 nitrogen and oxygen atoms in total. The van der Waals surface area contributed by atoms with Crippen molar-refractivity contribution >= 4 is 34.0 Å². The van der Waals surface area contributed by atoms with Crippen molar-refractivity contribution in [1.29, 1.82) is 0 Å². The van der Waals surface area contributed by atoms with Gasteiger partial charge in [0.15, 0.2) is 5.79 Å². The molecule has 1 aliphatic rings. The number of imidazole rings is 1. The molecular weight excluding hydrogens is 462 g/mol. The summed E-state index contributed by atoms with van der Waals surface area (Å²) in [6.07, 6.45) is 6.43. The van der Waals surface area contributed by atoms with Crippen LogP contribution in [-0.2, 0) is 38.0 Å². The fourth-order valence-electron chi connectivity index (χ4n) is 3.79. The first kappa shape index (κ1) is 23.6. The van der Waals surface area contributed by atoms with Gasteiger partial charge in [-0.15, -0.1) is 0 Å². The van der Waals surface area contributed by atoms with Gasteiger partial charge in [-0.3, -0.25) is 9.00 Å². The number of hydrogen-bond donors (Lipinski definition) is 1. The molecule has 0 radical (unpaired) electrons. The largest absolute Gasteiger partial charge is 0.345 e. The van der Waals surface area contributed by atoms with Crippen LogP contribution in [0.1, 0.15) is 18.9 Å². The van der Waals surface area contributed by atoms with Crippen molar-refractivity contribution in [2.24, 2.45) is 0 Å². The summed E-state index contributed by atoms with van der Waals surface area (Å²) in [4.78, 5) is 16.0. The first-order valence-corrected chi connectivity index (χ1v) is 12.4. The molecule has 0 bridgehead atoms. The first-order valence-electron chi connectivity index (χ1n) is 10.7. The molecule has 1 saturated heterocycles. The van der Waals surface area contributed by atoms with Crippen LogP contribution in [0.25, 0.3) is 0 Å². The molecule has 1 amide bonds. The maximum absolute atomic E-state index is 12.9. The van der Waals surface area contributed by atoms with Gasteiger partial charge in [-0.05, 0) is 48.4 Å². The molecule has 3 unspecified atom stereocenters. The number of nitrogens with zero attached hydrogens (tertiary/aromatic N) is 2. The van der Waals surface area contributed by atoms with Crippen LogP contribution in [0.3, 0.4) is 0 Å². The Morgan fingerprint density at radius 3 is 2.67 bits per heavy atom. The number of nitrogens with one attached hydrogen (secondary N) is 1. The van der Waals surface area contributed by atoms with E-state index in [1.165, 1.54) is 6.92 Å². The molecule has 0 aliphatic carbocycles. The van der Waals surface area contributed by atoms with Crippen LogP contribution in [-0.4, -0.2) is 43.9 Å². The first-order chi connectivity index (χ1) is 15.9. The van der Waals surface area contributed by atoms with E-state index >= 15 is 0 Å². The van der Waals surface area contributed by atoms with Gasteiger partial charge in [-0.1, -0.05) is 23.7 Å². The molecule has 0 spiro atoms. The summed E-state index contributed by atoms with van der Waals surface area (Å²) < 4.78 is 27.4. The highest BCUT2D eigenvalue weighted by Crippen LogP contribution is 2.32. The number of carbonyl (C=O) groups excluding carboxylic acids is 1. The zero-order valence-corrected chi connectivity index (χ0v) is 19.8. The lowest BCUT2D eigenvalue weighted by Gasteiger charge is -2.28. The van der Waals surface area contributed by atoms with Crippen molar-refractivity contribution in [2.75, 3.05) is 17.7 Å². The maximum Gasteiger partial charge on any atom is 0.221 e. The molecule has 1 fully saturated rings. The maximum atomic E-state index is 12.9. The summed E-state index contributed by atoms with van der Waals surface area (Å²) in [6.45, 7) is 2.31. The number of halogens is 1. The fraction of sp³-hybridized carbons (Fsp3) is 0.333. The highest BCUT2D eigenvalue weighted by Gasteiger charge is 2.42. The summed E-state index contributed by atoms with van der Waals surface area (Å²) >= 11 is 6.00. The SMILES string of the molecule is CC(=O)Nc1ccc(S(=O)CC2COC(CCc3ccc(Cl)cc3)(Cn3ccnc3)O2)cc1. The second kappa shape index (κ2) is 10.6. The quantitative estimate of drug-likeness (QED) is 0.492. The van der Waals surface area contributed by atoms with Crippen LogP contribution in [0.5, 0.6) is 0 Å². The number of amides is 1. The van der Waals surface area contributed by atoms with Gasteiger partial charge >= 0.3 is 0 Å². The number of anilines is 1. The minimum atomic E-state index is -1.26. The summed E-state index contributed by atoms with van der Waals surface area (Å²) in [7, 11) is -1.26. The average Bonchev–Trinajstić information content (AvgIpc) is 3.44. The summed E-state index contributed by atoms with van der Waals surface area (Å²) in [5.74, 6) is -0.649. The van der Waals surface area contributed by atoms with E-state index in [0.29, 0.717) is 40.9 Å². The molecule has 3 aromatic rings. The van der Waals surface area contributed by atoms with E-state index in [9.17, 15) is 9.00 Å². The molecule has 1 aliphatic heterocycles. The Morgan fingerprint density at radius 1 is 1.24 bits per heavy atom. The second-order valence-corrected chi connectivity index (χ2v) is 9.97. The van der Waals surface area contributed by atoms with Gasteiger partial charge in [0.05, 0.1) is 42.1 Å². The number of ether oxygens (including phenoxy) is 2. The van der Waals surface area contributed by atoms with E-state index in [1.807, 2.05) is 35.0 Å². The third-order valence-electron chi connectivity index (χ3n) is 5.38. The molecule has 4 rings (SSSR count). The number of carbonyl (C=O) groups is 1. The monoisotopic (exact) mass is 487 g/mol. The summed E-state index contributed by atoms with van der Waals surface area (Å²) in [5.41, 5.74) is 1.81. The Hall–Kier alpha value is -2.52. The summed E-state index contributed by atoms with van der Waals surface area (Å²) in [5, 5.41) is 3.41. The van der Waals surface area contributed by atoms with Crippen LogP contribution >= 0.6 is 11.6 Å². The van der Waals surface area contributed by atoms with E-state index in [1.54, 1.807) is 36.8 Å². The number of rotatable bonds is 9. The average molecular weight is 488 g/mol. The van der Waals surface area contributed by atoms with Crippen molar-refractivity contribution in [3.8, 4) is 0 Å². The minimum Gasteiger partial charge on any atom is -0.345 e. The van der Waals surface area contributed by atoms with Crippen LogP contribution in [0.4, 0.5) is 5.69 Å². The number of benzene rings is 2. The van der Waals surface area contributed by atoms with Gasteiger partial charge in [0.1, 0.15) is 0 Å². The smallest absolute Gasteiger partial charge is 0.221 e. The minimum absolute atomic E-state index is 0.145. The molecule has 9 heteroatoms. The molecule has 0 saturated carbocycles. The molecule has 2 aromatic carbocycles. The lowest BCUT2D eigenvalue weighted by Crippen LogP contribution is -2.37. The highest BCUT2D eigenvalue weighted by molar-refractivity contribution is 7.85. The molecule has 1 aromatic heterocycles. The Morgan fingerprint density at radius 2 is 2.00 bits per heavy atom. The number of aromatic nitrogens is 2. The Kier molecular flexibility index (Phi) is 7.60. The van der Waals surface area contributed by atoms with Gasteiger partial charge < -0.3 is 19.4 Å².